The topological polar surface area (TPSA) is 66.4 Å². The highest BCUT2D eigenvalue weighted by Crippen LogP contribution is 2.26. The number of carboxylic acid groups (broad SMARTS) is 1. The van der Waals surface area contributed by atoms with Crippen LogP contribution in [0.3, 0.4) is 0 Å². The Morgan fingerprint density at radius 3 is 2.18 bits per heavy atom. The van der Waals surface area contributed by atoms with E-state index in [0.717, 1.165) is 0 Å². The molecule has 1 aromatic carbocycles. The quantitative estimate of drug-likeness (QED) is 0.712. The predicted molar refractivity (Wildman–Crippen MR) is 81.3 cm³/mol. The number of hydrogen-bond acceptors (Lipinski definition) is 3. The second kappa shape index (κ2) is 8.12. The van der Waals surface area contributed by atoms with E-state index in [9.17, 15) is 18.4 Å². The predicted octanol–water partition coefficient (Wildman–Crippen LogP) is 3.76. The lowest BCUT2D eigenvalue weighted by molar-refractivity contribution is -0.138. The van der Waals surface area contributed by atoms with Crippen molar-refractivity contribution in [2.24, 2.45) is 0 Å². The van der Waals surface area contributed by atoms with E-state index in [4.69, 9.17) is 5.11 Å². The second-order valence-corrected chi connectivity index (χ2v) is 5.98. The summed E-state index contributed by atoms with van der Waals surface area (Å²) >= 11 is 0.407. The Bertz CT molecular complexity index is 516. The molecule has 0 radical (unpaired) electrons. The van der Waals surface area contributed by atoms with E-state index in [1.807, 2.05) is 13.8 Å². The number of rotatable bonds is 8. The number of aliphatic carboxylic acids is 1. The summed E-state index contributed by atoms with van der Waals surface area (Å²) in [4.78, 5) is 23.6. The molecule has 0 spiro atoms. The molecule has 0 heterocycles. The van der Waals surface area contributed by atoms with Crippen LogP contribution in [0.2, 0.25) is 0 Å². The highest BCUT2D eigenvalue weighted by Gasteiger charge is 2.31. The average Bonchev–Trinajstić information content (AvgIpc) is 2.46. The zero-order chi connectivity index (χ0) is 16.8. The standard InChI is InChI=1S/C15H19F2NO3S/c1-3-15(4-2,9-12(19)20)18-13(21)10-5-7-11(8-6-10)22-14(16)17/h5-8,14H,3-4,9H2,1-2H3,(H,18,21)(H,19,20). The number of hydrogen-bond donors (Lipinski definition) is 2. The molecule has 0 aliphatic rings. The van der Waals surface area contributed by atoms with Gasteiger partial charge in [0.2, 0.25) is 0 Å². The van der Waals surface area contributed by atoms with Crippen molar-refractivity contribution in [1.82, 2.24) is 5.32 Å². The van der Waals surface area contributed by atoms with Crippen molar-refractivity contribution < 1.29 is 23.5 Å². The van der Waals surface area contributed by atoms with Gasteiger partial charge in [-0.3, -0.25) is 9.59 Å². The molecule has 0 saturated heterocycles. The number of carbonyl (C=O) groups excluding carboxylic acids is 1. The Hall–Kier alpha value is -1.63. The molecular weight excluding hydrogens is 312 g/mol. The van der Waals surface area contributed by atoms with E-state index in [2.05, 4.69) is 5.32 Å². The zero-order valence-corrected chi connectivity index (χ0v) is 13.3. The summed E-state index contributed by atoms with van der Waals surface area (Å²) in [7, 11) is 0. The third kappa shape index (κ3) is 5.29. The van der Waals surface area contributed by atoms with E-state index in [1.165, 1.54) is 24.3 Å². The molecule has 122 valence electrons. The number of alkyl halides is 2. The molecule has 1 aromatic rings. The van der Waals surface area contributed by atoms with Gasteiger partial charge in [-0.25, -0.2) is 0 Å². The molecule has 22 heavy (non-hydrogen) atoms. The van der Waals surface area contributed by atoms with Crippen LogP contribution >= 0.6 is 11.8 Å². The van der Waals surface area contributed by atoms with Gasteiger partial charge in [0.25, 0.3) is 11.7 Å². The average molecular weight is 331 g/mol. The Labute approximate surface area is 132 Å². The van der Waals surface area contributed by atoms with Gasteiger partial charge in [-0.05, 0) is 37.1 Å². The van der Waals surface area contributed by atoms with Crippen molar-refractivity contribution in [2.75, 3.05) is 0 Å². The molecule has 7 heteroatoms. The lowest BCUT2D eigenvalue weighted by Crippen LogP contribution is -2.49. The van der Waals surface area contributed by atoms with E-state index in [0.29, 0.717) is 35.1 Å². The van der Waals surface area contributed by atoms with E-state index in [-0.39, 0.29) is 6.42 Å². The maximum absolute atomic E-state index is 12.2. The summed E-state index contributed by atoms with van der Waals surface area (Å²) in [6, 6.07) is 5.80. The molecule has 1 amide bonds. The summed E-state index contributed by atoms with van der Waals surface area (Å²) < 4.78 is 24.5. The first kappa shape index (κ1) is 18.4. The van der Waals surface area contributed by atoms with Crippen LogP contribution in [-0.2, 0) is 4.79 Å². The first-order valence-electron chi connectivity index (χ1n) is 6.91. The first-order chi connectivity index (χ1) is 10.3. The molecule has 1 rings (SSSR count). The van der Waals surface area contributed by atoms with Crippen LogP contribution in [0.15, 0.2) is 29.2 Å². The molecular formula is C15H19F2NO3S. The van der Waals surface area contributed by atoms with E-state index < -0.39 is 23.2 Å². The lowest BCUT2D eigenvalue weighted by Gasteiger charge is -2.31. The molecule has 0 atom stereocenters. The number of carboxylic acids is 1. The van der Waals surface area contributed by atoms with Gasteiger partial charge in [0.15, 0.2) is 0 Å². The summed E-state index contributed by atoms with van der Waals surface area (Å²) in [5, 5.41) is 11.8. The minimum atomic E-state index is -2.51. The maximum Gasteiger partial charge on any atom is 0.305 e. The summed E-state index contributed by atoms with van der Waals surface area (Å²) in [5.41, 5.74) is -0.491. The van der Waals surface area contributed by atoms with Crippen LogP contribution in [0.25, 0.3) is 0 Å². The van der Waals surface area contributed by atoms with Crippen molar-refractivity contribution >= 4 is 23.6 Å². The molecule has 0 aromatic heterocycles. The van der Waals surface area contributed by atoms with Crippen LogP contribution in [-0.4, -0.2) is 28.3 Å². The summed E-state index contributed by atoms with van der Waals surface area (Å²) in [5.74, 6) is -3.89. The number of carbonyl (C=O) groups is 2. The minimum Gasteiger partial charge on any atom is -0.481 e. The molecule has 0 fully saturated rings. The van der Waals surface area contributed by atoms with Crippen LogP contribution in [0, 0.1) is 0 Å². The van der Waals surface area contributed by atoms with E-state index >= 15 is 0 Å². The van der Waals surface area contributed by atoms with Gasteiger partial charge in [-0.1, -0.05) is 25.6 Å². The number of nitrogens with one attached hydrogen (secondary N) is 1. The fourth-order valence-electron chi connectivity index (χ4n) is 2.11. The van der Waals surface area contributed by atoms with Gasteiger partial charge in [-0.2, -0.15) is 8.78 Å². The van der Waals surface area contributed by atoms with Gasteiger partial charge < -0.3 is 10.4 Å². The largest absolute Gasteiger partial charge is 0.481 e. The molecule has 2 N–H and O–H groups in total. The number of thioether (sulfide) groups is 1. The van der Waals surface area contributed by atoms with E-state index in [1.54, 1.807) is 0 Å². The number of halogens is 2. The van der Waals surface area contributed by atoms with Crippen LogP contribution in [0.5, 0.6) is 0 Å². The molecule has 0 bridgehead atoms. The Morgan fingerprint density at radius 2 is 1.77 bits per heavy atom. The molecule has 4 nitrogen and oxygen atoms in total. The third-order valence-electron chi connectivity index (χ3n) is 3.56. The molecule has 0 aliphatic heterocycles. The van der Waals surface area contributed by atoms with Gasteiger partial charge >= 0.3 is 5.97 Å². The number of amides is 1. The fraction of sp³-hybridized carbons (Fsp3) is 0.467. The Morgan fingerprint density at radius 1 is 1.23 bits per heavy atom. The molecule has 0 unspecified atom stereocenters. The van der Waals surface area contributed by atoms with Crippen LogP contribution in [0.4, 0.5) is 8.78 Å². The first-order valence-corrected chi connectivity index (χ1v) is 7.79. The van der Waals surface area contributed by atoms with Gasteiger partial charge in [0, 0.05) is 10.5 Å². The van der Waals surface area contributed by atoms with Crippen molar-refractivity contribution in [3.63, 3.8) is 0 Å². The van der Waals surface area contributed by atoms with Crippen molar-refractivity contribution in [2.45, 2.75) is 49.3 Å². The highest BCUT2D eigenvalue weighted by molar-refractivity contribution is 7.99. The van der Waals surface area contributed by atoms with Crippen molar-refractivity contribution in [3.05, 3.63) is 29.8 Å². The Balaban J connectivity index is 2.83. The smallest absolute Gasteiger partial charge is 0.305 e. The molecule has 0 saturated carbocycles. The van der Waals surface area contributed by atoms with Gasteiger partial charge in [0.05, 0.1) is 12.0 Å². The summed E-state index contributed by atoms with van der Waals surface area (Å²) in [6.07, 6.45) is 0.812. The minimum absolute atomic E-state index is 0.162. The van der Waals surface area contributed by atoms with Crippen molar-refractivity contribution in [1.29, 1.82) is 0 Å². The van der Waals surface area contributed by atoms with Crippen LogP contribution < -0.4 is 5.32 Å². The van der Waals surface area contributed by atoms with Gasteiger partial charge in [0.1, 0.15) is 0 Å². The third-order valence-corrected chi connectivity index (χ3v) is 4.29. The molecule has 0 aliphatic carbocycles. The monoisotopic (exact) mass is 331 g/mol. The zero-order valence-electron chi connectivity index (χ0n) is 12.4. The normalized spacial score (nSPS) is 11.5. The fourth-order valence-corrected chi connectivity index (χ4v) is 2.61. The SMILES string of the molecule is CCC(CC)(CC(=O)O)NC(=O)c1ccc(SC(F)F)cc1. The number of benzene rings is 1. The summed E-state index contributed by atoms with van der Waals surface area (Å²) in [6.45, 7) is 3.63. The lowest BCUT2D eigenvalue weighted by atomic mass is 9.88. The van der Waals surface area contributed by atoms with Crippen molar-refractivity contribution in [3.8, 4) is 0 Å². The van der Waals surface area contributed by atoms with Crippen LogP contribution in [0.1, 0.15) is 43.5 Å². The highest BCUT2D eigenvalue weighted by atomic mass is 32.2. The maximum atomic E-state index is 12.2. The van der Waals surface area contributed by atoms with Gasteiger partial charge in [-0.15, -0.1) is 0 Å². The second-order valence-electron chi connectivity index (χ2n) is 4.91. The Kier molecular flexibility index (Phi) is 6.80.